The second-order valence-corrected chi connectivity index (χ2v) is 10.3. The molecule has 3 heterocycles. The Bertz CT molecular complexity index is 1460. The average molecular weight is 579 g/mol. The number of halogens is 1. The van der Waals surface area contributed by atoms with Crippen molar-refractivity contribution in [2.24, 2.45) is 0 Å². The molecule has 222 valence electrons. The van der Waals surface area contributed by atoms with Gasteiger partial charge in [-0.05, 0) is 23.1 Å². The summed E-state index contributed by atoms with van der Waals surface area (Å²) in [6, 6.07) is 19.9. The maximum atomic E-state index is 17.2. The van der Waals surface area contributed by atoms with Crippen molar-refractivity contribution < 1.29 is 34.4 Å². The minimum atomic E-state index is -1.52. The fraction of sp³-hybridized carbons (Fsp3) is 0.355. The summed E-state index contributed by atoms with van der Waals surface area (Å²) in [5.41, 5.74) is 1.30. The van der Waals surface area contributed by atoms with Gasteiger partial charge in [-0.1, -0.05) is 71.9 Å². The van der Waals surface area contributed by atoms with Gasteiger partial charge in [-0.15, -0.1) is 0 Å². The monoisotopic (exact) mass is 578 g/mol. The maximum Gasteiger partial charge on any atom is 0.261 e. The van der Waals surface area contributed by atoms with Crippen molar-refractivity contribution in [3.05, 3.63) is 83.7 Å². The third-order valence-corrected chi connectivity index (χ3v) is 7.95. The number of aliphatic hydroxyl groups excluding tert-OH is 5. The summed E-state index contributed by atoms with van der Waals surface area (Å²) in [5, 5.41) is 55.8. The van der Waals surface area contributed by atoms with E-state index in [0.29, 0.717) is 17.0 Å². The Morgan fingerprint density at radius 2 is 1.52 bits per heavy atom. The van der Waals surface area contributed by atoms with E-state index in [2.05, 4.69) is 10.1 Å². The third kappa shape index (κ3) is 5.48. The zero-order valence-electron chi connectivity index (χ0n) is 23.1. The van der Waals surface area contributed by atoms with Crippen molar-refractivity contribution in [2.75, 3.05) is 52.7 Å². The lowest BCUT2D eigenvalue weighted by atomic mass is 9.79. The van der Waals surface area contributed by atoms with Gasteiger partial charge in [0.15, 0.2) is 0 Å². The van der Waals surface area contributed by atoms with Crippen molar-refractivity contribution in [1.29, 1.82) is 0 Å². The molecule has 4 aromatic rings. The molecule has 0 fully saturated rings. The first-order chi connectivity index (χ1) is 20.5. The Labute approximate surface area is 242 Å². The van der Waals surface area contributed by atoms with Crippen LogP contribution in [0.2, 0.25) is 0 Å². The van der Waals surface area contributed by atoms with E-state index in [1.54, 1.807) is 21.9 Å². The smallest absolute Gasteiger partial charge is 0.261 e. The van der Waals surface area contributed by atoms with Gasteiger partial charge >= 0.3 is 0 Å². The highest BCUT2D eigenvalue weighted by molar-refractivity contribution is 5.82. The topological polar surface area (TPSA) is 147 Å². The summed E-state index contributed by atoms with van der Waals surface area (Å²) < 4.78 is 22.8. The molecule has 1 aromatic heterocycles. The molecule has 10 nitrogen and oxygen atoms in total. The predicted molar refractivity (Wildman–Crippen MR) is 153 cm³/mol. The van der Waals surface area contributed by atoms with Gasteiger partial charge in [0.05, 0.1) is 50.3 Å². The van der Waals surface area contributed by atoms with Crippen LogP contribution in [-0.2, 0) is 12.0 Å². The van der Waals surface area contributed by atoms with Gasteiger partial charge in [-0.2, -0.15) is 4.98 Å². The van der Waals surface area contributed by atoms with Crippen molar-refractivity contribution in [2.45, 2.75) is 18.1 Å². The van der Waals surface area contributed by atoms with E-state index in [4.69, 9.17) is 4.52 Å². The number of benzene rings is 3. The SMILES string of the molecule is OCCN(CCO)C(CO)N(CCO)C1(CO)Cc2ccc(cc2)-c2noc(n2)-c2c(-c3ccccc3)ccc1c2F. The molecular formula is C31H35FN4O6. The molecule has 11 heteroatoms. The molecule has 2 aliphatic rings. The van der Waals surface area contributed by atoms with E-state index in [1.165, 1.54) is 0 Å². The second kappa shape index (κ2) is 13.2. The number of hydrogen-bond donors (Lipinski definition) is 5. The van der Waals surface area contributed by atoms with Crippen LogP contribution in [0, 0.1) is 5.82 Å². The van der Waals surface area contributed by atoms with Crippen molar-refractivity contribution in [1.82, 2.24) is 19.9 Å². The molecule has 5 N–H and O–H groups in total. The van der Waals surface area contributed by atoms with Gasteiger partial charge in [0.1, 0.15) is 5.82 Å². The lowest BCUT2D eigenvalue weighted by molar-refractivity contribution is -0.0968. The van der Waals surface area contributed by atoms with Crippen LogP contribution in [-0.4, -0.2) is 104 Å². The Morgan fingerprint density at radius 3 is 2.14 bits per heavy atom. The Morgan fingerprint density at radius 1 is 0.833 bits per heavy atom. The first-order valence-corrected chi connectivity index (χ1v) is 13.9. The summed E-state index contributed by atoms with van der Waals surface area (Å²) in [5.74, 6) is -0.416. The molecule has 6 rings (SSSR count). The first-order valence-electron chi connectivity index (χ1n) is 13.9. The molecule has 3 aromatic carbocycles. The van der Waals surface area contributed by atoms with Crippen LogP contribution in [0.5, 0.6) is 0 Å². The van der Waals surface area contributed by atoms with E-state index >= 15 is 4.39 Å². The van der Waals surface area contributed by atoms with Crippen LogP contribution in [0.15, 0.2) is 71.3 Å². The number of nitrogens with zero attached hydrogens (tertiary/aromatic N) is 4. The number of hydrogen-bond acceptors (Lipinski definition) is 10. The quantitative estimate of drug-likeness (QED) is 0.158. The minimum Gasteiger partial charge on any atom is -0.395 e. The van der Waals surface area contributed by atoms with Gasteiger partial charge in [0.25, 0.3) is 5.89 Å². The highest BCUT2D eigenvalue weighted by Crippen LogP contribution is 2.43. The Hall–Kier alpha value is -3.55. The molecule has 0 amide bonds. The van der Waals surface area contributed by atoms with E-state index < -0.39 is 30.7 Å². The standard InChI is InChI=1S/C31H35FN4O6/c32-28-25-11-10-24(22-4-2-1-3-5-22)27(28)30-33-29(34-42-30)23-8-6-21(7-9-23)18-31(25,20-41)36(14-17-39)26(19-40)35(12-15-37)13-16-38/h1-11,26,37-41H,12-20H2. The van der Waals surface area contributed by atoms with Gasteiger partial charge in [-0.3, -0.25) is 9.80 Å². The largest absolute Gasteiger partial charge is 0.395 e. The van der Waals surface area contributed by atoms with Gasteiger partial charge in [-0.25, -0.2) is 4.39 Å². The zero-order valence-corrected chi connectivity index (χ0v) is 23.1. The van der Waals surface area contributed by atoms with Gasteiger partial charge in [0, 0.05) is 30.8 Å². The van der Waals surface area contributed by atoms with Crippen molar-refractivity contribution in [3.63, 3.8) is 0 Å². The molecule has 2 atom stereocenters. The number of rotatable bonds is 12. The van der Waals surface area contributed by atoms with E-state index in [1.807, 2.05) is 54.6 Å². The average Bonchev–Trinajstić information content (AvgIpc) is 3.50. The Balaban J connectivity index is 1.82. The lowest BCUT2D eigenvalue weighted by Crippen LogP contribution is -2.63. The lowest BCUT2D eigenvalue weighted by Gasteiger charge is -2.50. The molecule has 0 aliphatic carbocycles. The fourth-order valence-corrected chi connectivity index (χ4v) is 5.97. The molecule has 2 aliphatic heterocycles. The predicted octanol–water partition coefficient (Wildman–Crippen LogP) is 1.85. The number of fused-ring (bicyclic) bond motifs is 3. The molecule has 42 heavy (non-hydrogen) atoms. The zero-order chi connectivity index (χ0) is 29.7. The van der Waals surface area contributed by atoms with Crippen LogP contribution < -0.4 is 0 Å². The molecule has 0 saturated carbocycles. The molecule has 0 radical (unpaired) electrons. The number of aromatic nitrogens is 2. The van der Waals surface area contributed by atoms with Crippen LogP contribution in [0.25, 0.3) is 34.0 Å². The summed E-state index contributed by atoms with van der Waals surface area (Å²) in [6.07, 6.45) is -0.796. The van der Waals surface area contributed by atoms with Crippen LogP contribution in [0.4, 0.5) is 4.39 Å². The minimum absolute atomic E-state index is 0.0331. The summed E-state index contributed by atoms with van der Waals surface area (Å²) in [7, 11) is 0. The Kier molecular flexibility index (Phi) is 9.39. The van der Waals surface area contributed by atoms with Crippen LogP contribution in [0.1, 0.15) is 11.1 Å². The maximum absolute atomic E-state index is 17.2. The summed E-state index contributed by atoms with van der Waals surface area (Å²) >= 11 is 0. The molecule has 0 saturated heterocycles. The van der Waals surface area contributed by atoms with Gasteiger partial charge < -0.3 is 30.1 Å². The van der Waals surface area contributed by atoms with Crippen molar-refractivity contribution >= 4 is 0 Å². The highest BCUT2D eigenvalue weighted by atomic mass is 19.1. The fourth-order valence-electron chi connectivity index (χ4n) is 5.97. The van der Waals surface area contributed by atoms with Crippen LogP contribution >= 0.6 is 0 Å². The molecule has 0 spiro atoms. The summed E-state index contributed by atoms with van der Waals surface area (Å²) in [4.78, 5) is 7.84. The number of aliphatic hydroxyl groups is 5. The van der Waals surface area contributed by atoms with Crippen LogP contribution in [0.3, 0.4) is 0 Å². The normalized spacial score (nSPS) is 17.0. The van der Waals surface area contributed by atoms with E-state index in [-0.39, 0.29) is 62.9 Å². The highest BCUT2D eigenvalue weighted by Gasteiger charge is 2.46. The van der Waals surface area contributed by atoms with E-state index in [9.17, 15) is 25.5 Å². The van der Waals surface area contributed by atoms with E-state index in [0.717, 1.165) is 11.1 Å². The molecule has 6 bridgehead atoms. The third-order valence-electron chi connectivity index (χ3n) is 7.95. The summed E-state index contributed by atoms with van der Waals surface area (Å²) in [6.45, 7) is -1.84. The first kappa shape index (κ1) is 29.9. The molecular weight excluding hydrogens is 543 g/mol. The second-order valence-electron chi connectivity index (χ2n) is 10.3. The van der Waals surface area contributed by atoms with Crippen molar-refractivity contribution in [3.8, 4) is 34.0 Å². The van der Waals surface area contributed by atoms with Gasteiger partial charge in [0.2, 0.25) is 5.82 Å². The molecule has 2 unspecified atom stereocenters.